The summed E-state index contributed by atoms with van der Waals surface area (Å²) < 4.78 is 11.0. The molecule has 1 atom stereocenters. The minimum atomic E-state index is -1.20. The molecule has 1 unspecified atom stereocenters. The predicted octanol–water partition coefficient (Wildman–Crippen LogP) is 2.74. The summed E-state index contributed by atoms with van der Waals surface area (Å²) in [5.74, 6) is 0.427. The molecular weight excluding hydrogens is 298 g/mol. The molecule has 1 amide bonds. The van der Waals surface area contributed by atoms with Crippen LogP contribution in [0.15, 0.2) is 4.42 Å². The molecule has 0 fully saturated rings. The fourth-order valence-corrected chi connectivity index (χ4v) is 1.93. The molecule has 7 nitrogen and oxygen atoms in total. The zero-order valence-electron chi connectivity index (χ0n) is 15.4. The average Bonchev–Trinajstić information content (AvgIpc) is 2.82. The largest absolute Gasteiger partial charge is 0.444 e. The smallest absolute Gasteiger partial charge is 0.408 e. The third-order valence-corrected chi connectivity index (χ3v) is 3.41. The van der Waals surface area contributed by atoms with Crippen molar-refractivity contribution in [2.24, 2.45) is 5.92 Å². The number of aromatic nitrogens is 2. The molecule has 0 saturated heterocycles. The van der Waals surface area contributed by atoms with Crippen molar-refractivity contribution in [3.8, 4) is 0 Å². The average molecular weight is 327 g/mol. The molecule has 2 N–H and O–H groups in total. The zero-order chi connectivity index (χ0) is 18.1. The summed E-state index contributed by atoms with van der Waals surface area (Å²) in [6.45, 7) is 14.5. The highest BCUT2D eigenvalue weighted by Crippen LogP contribution is 2.31. The van der Waals surface area contributed by atoms with Crippen LogP contribution in [0, 0.1) is 5.92 Å². The number of nitrogens with zero attached hydrogens (tertiary/aromatic N) is 2. The van der Waals surface area contributed by atoms with Gasteiger partial charge in [-0.05, 0) is 26.7 Å². The van der Waals surface area contributed by atoms with Gasteiger partial charge in [0, 0.05) is 5.41 Å². The van der Waals surface area contributed by atoms with E-state index >= 15 is 0 Å². The molecule has 23 heavy (non-hydrogen) atoms. The summed E-state index contributed by atoms with van der Waals surface area (Å²) in [7, 11) is 0. The Morgan fingerprint density at radius 1 is 1.17 bits per heavy atom. The van der Waals surface area contributed by atoms with Gasteiger partial charge in [0.25, 0.3) is 0 Å². The summed E-state index contributed by atoms with van der Waals surface area (Å²) in [6, 6.07) is 0. The number of alkyl carbamates (subject to hydrolysis) is 1. The maximum Gasteiger partial charge on any atom is 0.408 e. The summed E-state index contributed by atoms with van der Waals surface area (Å²) in [5, 5.41) is 20.8. The Kier molecular flexibility index (Phi) is 5.46. The van der Waals surface area contributed by atoms with Gasteiger partial charge in [0.2, 0.25) is 11.8 Å². The molecule has 0 radical (unpaired) electrons. The molecule has 1 aromatic rings. The van der Waals surface area contributed by atoms with Gasteiger partial charge in [-0.15, -0.1) is 10.2 Å². The third-order valence-electron chi connectivity index (χ3n) is 3.41. The summed E-state index contributed by atoms with van der Waals surface area (Å²) in [5.41, 5.74) is -2.16. The lowest BCUT2D eigenvalue weighted by atomic mass is 9.87. The van der Waals surface area contributed by atoms with Crippen LogP contribution in [-0.4, -0.2) is 33.6 Å². The lowest BCUT2D eigenvalue weighted by molar-refractivity contribution is 0.0256. The molecule has 0 bridgehead atoms. The second-order valence-electron chi connectivity index (χ2n) is 8.07. The van der Waals surface area contributed by atoms with E-state index in [0.29, 0.717) is 5.89 Å². The highest BCUT2D eigenvalue weighted by molar-refractivity contribution is 5.69. The normalized spacial score (nSPS) is 15.4. The highest BCUT2D eigenvalue weighted by Gasteiger charge is 2.44. The van der Waals surface area contributed by atoms with Crippen molar-refractivity contribution in [1.82, 2.24) is 15.5 Å². The minimum absolute atomic E-state index is 0.172. The summed E-state index contributed by atoms with van der Waals surface area (Å²) >= 11 is 0. The van der Waals surface area contributed by atoms with Crippen LogP contribution in [0.2, 0.25) is 0 Å². The van der Waals surface area contributed by atoms with Crippen LogP contribution in [0.3, 0.4) is 0 Å². The maximum absolute atomic E-state index is 12.2. The van der Waals surface area contributed by atoms with Crippen molar-refractivity contribution in [3.05, 3.63) is 11.8 Å². The number of nitrogens with one attached hydrogen (secondary N) is 1. The summed E-state index contributed by atoms with van der Waals surface area (Å²) in [6.07, 6.45) is -0.643. The summed E-state index contributed by atoms with van der Waals surface area (Å²) in [4.78, 5) is 12.2. The number of aliphatic hydroxyl groups is 1. The van der Waals surface area contributed by atoms with Crippen LogP contribution in [0.1, 0.15) is 67.2 Å². The lowest BCUT2D eigenvalue weighted by Gasteiger charge is -2.34. The van der Waals surface area contributed by atoms with Crippen LogP contribution >= 0.6 is 0 Å². The first-order valence-corrected chi connectivity index (χ1v) is 7.78. The van der Waals surface area contributed by atoms with Crippen molar-refractivity contribution in [2.45, 2.75) is 71.9 Å². The van der Waals surface area contributed by atoms with Gasteiger partial charge < -0.3 is 19.6 Å². The van der Waals surface area contributed by atoms with Gasteiger partial charge in [-0.2, -0.15) is 0 Å². The number of carbonyl (C=O) groups is 1. The van der Waals surface area contributed by atoms with Gasteiger partial charge in [0.1, 0.15) is 11.1 Å². The number of hydrogen-bond donors (Lipinski definition) is 2. The van der Waals surface area contributed by atoms with Crippen LogP contribution in [0.5, 0.6) is 0 Å². The van der Waals surface area contributed by atoms with Gasteiger partial charge in [0.15, 0.2) is 0 Å². The topological polar surface area (TPSA) is 97.5 Å². The van der Waals surface area contributed by atoms with E-state index in [1.807, 2.05) is 34.6 Å². The first-order chi connectivity index (χ1) is 10.3. The monoisotopic (exact) mass is 327 g/mol. The molecule has 7 heteroatoms. The minimum Gasteiger partial charge on any atom is -0.444 e. The van der Waals surface area contributed by atoms with Crippen LogP contribution in [0.25, 0.3) is 0 Å². The van der Waals surface area contributed by atoms with Crippen molar-refractivity contribution < 1.29 is 19.1 Å². The Hall–Kier alpha value is -1.63. The van der Waals surface area contributed by atoms with E-state index < -0.39 is 17.2 Å². The Balaban J connectivity index is 3.18. The molecule has 0 aliphatic rings. The van der Waals surface area contributed by atoms with E-state index in [9.17, 15) is 9.90 Å². The first kappa shape index (κ1) is 19.4. The van der Waals surface area contributed by atoms with Gasteiger partial charge in [-0.3, -0.25) is 0 Å². The molecule has 1 aromatic heterocycles. The quantitative estimate of drug-likeness (QED) is 0.882. The standard InChI is InChI=1S/C16H29N3O4/c1-10(2)16(9-20,17-13(21)23-15(6,7)8)12-19-18-11(22-12)14(3,4)5/h10,20H,9H2,1-8H3,(H,17,21). The van der Waals surface area contributed by atoms with E-state index in [1.54, 1.807) is 20.8 Å². The number of amides is 1. The van der Waals surface area contributed by atoms with E-state index in [4.69, 9.17) is 9.15 Å². The molecular formula is C16H29N3O4. The molecule has 0 spiro atoms. The Labute approximate surface area is 137 Å². The van der Waals surface area contributed by atoms with Crippen molar-refractivity contribution in [2.75, 3.05) is 6.61 Å². The van der Waals surface area contributed by atoms with Crippen LogP contribution in [-0.2, 0) is 15.7 Å². The fourth-order valence-electron chi connectivity index (χ4n) is 1.93. The van der Waals surface area contributed by atoms with E-state index in [1.165, 1.54) is 0 Å². The molecule has 1 rings (SSSR count). The van der Waals surface area contributed by atoms with Crippen molar-refractivity contribution >= 4 is 6.09 Å². The van der Waals surface area contributed by atoms with E-state index in [2.05, 4.69) is 15.5 Å². The second-order valence-corrected chi connectivity index (χ2v) is 8.07. The van der Waals surface area contributed by atoms with E-state index in [0.717, 1.165) is 0 Å². The highest BCUT2D eigenvalue weighted by atomic mass is 16.6. The second kappa shape index (κ2) is 6.47. The van der Waals surface area contributed by atoms with Gasteiger partial charge in [0.05, 0.1) is 6.61 Å². The van der Waals surface area contributed by atoms with Gasteiger partial charge in [-0.25, -0.2) is 4.79 Å². The van der Waals surface area contributed by atoms with E-state index in [-0.39, 0.29) is 23.8 Å². The van der Waals surface area contributed by atoms with Crippen LogP contribution in [0.4, 0.5) is 4.79 Å². The van der Waals surface area contributed by atoms with Crippen molar-refractivity contribution in [3.63, 3.8) is 0 Å². The molecule has 0 aromatic carbocycles. The van der Waals surface area contributed by atoms with Gasteiger partial charge in [-0.1, -0.05) is 34.6 Å². The number of hydrogen-bond acceptors (Lipinski definition) is 6. The molecule has 132 valence electrons. The number of carbonyl (C=O) groups excluding carboxylic acids is 1. The molecule has 0 aliphatic heterocycles. The van der Waals surface area contributed by atoms with Gasteiger partial charge >= 0.3 is 6.09 Å². The van der Waals surface area contributed by atoms with Crippen LogP contribution < -0.4 is 5.32 Å². The molecule has 0 saturated carbocycles. The molecule has 1 heterocycles. The molecule has 0 aliphatic carbocycles. The fraction of sp³-hybridized carbons (Fsp3) is 0.812. The number of aliphatic hydroxyl groups excluding tert-OH is 1. The Bertz CT molecular complexity index is 540. The zero-order valence-corrected chi connectivity index (χ0v) is 15.4. The van der Waals surface area contributed by atoms with Crippen molar-refractivity contribution in [1.29, 1.82) is 0 Å². The lowest BCUT2D eigenvalue weighted by Crippen LogP contribution is -2.54. The maximum atomic E-state index is 12.2. The Morgan fingerprint density at radius 2 is 1.70 bits per heavy atom. The Morgan fingerprint density at radius 3 is 2.04 bits per heavy atom. The number of ether oxygens (including phenoxy) is 1. The third kappa shape index (κ3) is 4.67. The number of rotatable bonds is 4. The first-order valence-electron chi connectivity index (χ1n) is 7.78. The SMILES string of the molecule is CC(C)C(CO)(NC(=O)OC(C)(C)C)c1nnc(C(C)(C)C)o1. The predicted molar refractivity (Wildman–Crippen MR) is 86.0 cm³/mol.